The monoisotopic (exact) mass is 286 g/mol. The Hall–Kier alpha value is -1.35. The lowest BCUT2D eigenvalue weighted by atomic mass is 9.93. The second-order valence-electron chi connectivity index (χ2n) is 6.80. The van der Waals surface area contributed by atoms with Gasteiger partial charge in [0.1, 0.15) is 5.82 Å². The molecule has 1 heterocycles. The molecule has 1 saturated heterocycles. The van der Waals surface area contributed by atoms with E-state index in [4.69, 9.17) is 0 Å². The molecule has 0 N–H and O–H groups in total. The zero-order valence-electron chi connectivity index (χ0n) is 12.4. The van der Waals surface area contributed by atoms with Crippen LogP contribution in [0.25, 0.3) is 0 Å². The maximum Gasteiger partial charge on any atom is 0.123 e. The molecule has 3 heteroatoms. The van der Waals surface area contributed by atoms with Gasteiger partial charge in [-0.25, -0.2) is 4.39 Å². The summed E-state index contributed by atoms with van der Waals surface area (Å²) in [5, 5.41) is 0. The van der Waals surface area contributed by atoms with E-state index in [1.54, 1.807) is 12.1 Å². The predicted molar refractivity (Wildman–Crippen MR) is 83.9 cm³/mol. The van der Waals surface area contributed by atoms with Crippen molar-refractivity contribution in [2.24, 2.45) is 17.8 Å². The third kappa shape index (κ3) is 2.71. The molecule has 3 aliphatic rings. The van der Waals surface area contributed by atoms with Crippen LogP contribution >= 0.6 is 0 Å². The molecular weight excluding hydrogens is 263 g/mol. The molecule has 1 saturated carbocycles. The van der Waals surface area contributed by atoms with E-state index in [-0.39, 0.29) is 5.82 Å². The molecule has 0 spiro atoms. The van der Waals surface area contributed by atoms with Crippen molar-refractivity contribution in [1.29, 1.82) is 0 Å². The normalized spacial score (nSPS) is 32.0. The largest absolute Gasteiger partial charge is 0.369 e. The highest BCUT2D eigenvalue weighted by molar-refractivity contribution is 5.46. The minimum atomic E-state index is -0.151. The molecular formula is C18H23FN2. The molecule has 21 heavy (non-hydrogen) atoms. The summed E-state index contributed by atoms with van der Waals surface area (Å²) < 4.78 is 13.0. The molecule has 1 aliphatic heterocycles. The summed E-state index contributed by atoms with van der Waals surface area (Å²) in [6.45, 7) is 5.65. The fraction of sp³-hybridized carbons (Fsp3) is 0.556. The Morgan fingerprint density at radius 1 is 0.952 bits per heavy atom. The molecule has 2 nitrogen and oxygen atoms in total. The number of benzene rings is 1. The van der Waals surface area contributed by atoms with Gasteiger partial charge in [0.2, 0.25) is 0 Å². The summed E-state index contributed by atoms with van der Waals surface area (Å²) in [4.78, 5) is 5.00. The van der Waals surface area contributed by atoms with Crippen LogP contribution in [0.4, 0.5) is 10.1 Å². The fourth-order valence-corrected chi connectivity index (χ4v) is 4.28. The number of nitrogens with zero attached hydrogens (tertiary/aromatic N) is 2. The molecule has 3 atom stereocenters. The number of fused-ring (bicyclic) bond motifs is 2. The minimum absolute atomic E-state index is 0.151. The molecule has 0 aromatic heterocycles. The summed E-state index contributed by atoms with van der Waals surface area (Å²) in [5.74, 6) is 2.46. The van der Waals surface area contributed by atoms with Crippen LogP contribution in [0.3, 0.4) is 0 Å². The fourth-order valence-electron chi connectivity index (χ4n) is 4.28. The van der Waals surface area contributed by atoms with Crippen LogP contribution in [0.5, 0.6) is 0 Å². The van der Waals surface area contributed by atoms with Crippen molar-refractivity contribution in [2.45, 2.75) is 12.8 Å². The van der Waals surface area contributed by atoms with Crippen molar-refractivity contribution >= 4 is 5.69 Å². The second-order valence-corrected chi connectivity index (χ2v) is 6.80. The smallest absolute Gasteiger partial charge is 0.123 e. The molecule has 0 unspecified atom stereocenters. The third-order valence-corrected chi connectivity index (χ3v) is 5.47. The predicted octanol–water partition coefficient (Wildman–Crippen LogP) is 3.16. The number of piperazine rings is 1. The zero-order chi connectivity index (χ0) is 14.2. The number of halogens is 1. The van der Waals surface area contributed by atoms with Crippen molar-refractivity contribution in [3.8, 4) is 0 Å². The van der Waals surface area contributed by atoms with Gasteiger partial charge in [0.25, 0.3) is 0 Å². The first-order valence-corrected chi connectivity index (χ1v) is 8.19. The first-order chi connectivity index (χ1) is 10.3. The van der Waals surface area contributed by atoms with Gasteiger partial charge < -0.3 is 4.90 Å². The Kier molecular flexibility index (Phi) is 3.46. The quantitative estimate of drug-likeness (QED) is 0.788. The van der Waals surface area contributed by atoms with Gasteiger partial charge in [-0.15, -0.1) is 0 Å². The molecule has 1 aromatic rings. The van der Waals surface area contributed by atoms with Gasteiger partial charge in [-0.05, 0) is 54.9 Å². The second kappa shape index (κ2) is 5.45. The van der Waals surface area contributed by atoms with Gasteiger partial charge in [-0.1, -0.05) is 12.2 Å². The summed E-state index contributed by atoms with van der Waals surface area (Å²) >= 11 is 0. The van der Waals surface area contributed by atoms with E-state index in [1.165, 1.54) is 19.4 Å². The van der Waals surface area contributed by atoms with Crippen molar-refractivity contribution in [3.05, 3.63) is 42.2 Å². The number of rotatable bonds is 3. The number of allylic oxidation sites excluding steroid dienone is 2. The van der Waals surface area contributed by atoms with Crippen LogP contribution in [-0.2, 0) is 0 Å². The topological polar surface area (TPSA) is 6.48 Å². The van der Waals surface area contributed by atoms with E-state index in [2.05, 4.69) is 22.0 Å². The maximum atomic E-state index is 13.0. The summed E-state index contributed by atoms with van der Waals surface area (Å²) in [6.07, 6.45) is 7.68. The molecule has 2 aliphatic carbocycles. The van der Waals surface area contributed by atoms with Gasteiger partial charge in [-0.3, -0.25) is 4.90 Å². The maximum absolute atomic E-state index is 13.0. The lowest BCUT2D eigenvalue weighted by molar-refractivity contribution is 0.204. The lowest BCUT2D eigenvalue weighted by Crippen LogP contribution is -2.48. The highest BCUT2D eigenvalue weighted by atomic mass is 19.1. The van der Waals surface area contributed by atoms with E-state index in [9.17, 15) is 4.39 Å². The number of hydrogen-bond acceptors (Lipinski definition) is 2. The molecule has 4 rings (SSSR count). The average Bonchev–Trinajstić information content (AvgIpc) is 3.12. The Labute approximate surface area is 126 Å². The van der Waals surface area contributed by atoms with E-state index >= 15 is 0 Å². The Balaban J connectivity index is 1.30. The first-order valence-electron chi connectivity index (χ1n) is 8.19. The van der Waals surface area contributed by atoms with Crippen molar-refractivity contribution in [2.75, 3.05) is 37.6 Å². The number of hydrogen-bond donors (Lipinski definition) is 0. The van der Waals surface area contributed by atoms with E-state index < -0.39 is 0 Å². The van der Waals surface area contributed by atoms with Crippen LogP contribution in [0, 0.1) is 23.6 Å². The van der Waals surface area contributed by atoms with Gasteiger partial charge in [0.15, 0.2) is 0 Å². The Morgan fingerprint density at radius 2 is 1.71 bits per heavy atom. The molecule has 0 amide bonds. The van der Waals surface area contributed by atoms with Gasteiger partial charge in [0, 0.05) is 38.4 Å². The highest BCUT2D eigenvalue weighted by Gasteiger charge is 2.36. The van der Waals surface area contributed by atoms with Crippen LogP contribution in [0.15, 0.2) is 36.4 Å². The standard InChI is InChI=1S/C18H23FN2/c19-17-3-5-18(6-4-17)21-9-7-20(8-10-21)13-16-12-14-1-2-15(16)11-14/h1-6,14-16H,7-13H2/t14-,15+,16+/m1/s1. The van der Waals surface area contributed by atoms with Crippen molar-refractivity contribution in [1.82, 2.24) is 4.90 Å². The SMILES string of the molecule is Fc1ccc(N2CCN(C[C@@H]3C[C@@H]4C=C[C@H]3C4)CC2)cc1. The number of anilines is 1. The molecule has 112 valence electrons. The summed E-state index contributed by atoms with van der Waals surface area (Å²) in [6, 6.07) is 6.91. The molecule has 0 radical (unpaired) electrons. The molecule has 1 aromatic carbocycles. The van der Waals surface area contributed by atoms with Crippen LogP contribution in [-0.4, -0.2) is 37.6 Å². The van der Waals surface area contributed by atoms with Gasteiger partial charge >= 0.3 is 0 Å². The third-order valence-electron chi connectivity index (χ3n) is 5.47. The van der Waals surface area contributed by atoms with E-state index in [0.29, 0.717) is 0 Å². The molecule has 2 fully saturated rings. The Bertz CT molecular complexity index is 517. The summed E-state index contributed by atoms with van der Waals surface area (Å²) in [5.41, 5.74) is 1.15. The minimum Gasteiger partial charge on any atom is -0.369 e. The van der Waals surface area contributed by atoms with Crippen LogP contribution in [0.1, 0.15) is 12.8 Å². The van der Waals surface area contributed by atoms with Gasteiger partial charge in [0.05, 0.1) is 0 Å². The highest BCUT2D eigenvalue weighted by Crippen LogP contribution is 2.43. The first kappa shape index (κ1) is 13.3. The van der Waals surface area contributed by atoms with Crippen LogP contribution < -0.4 is 4.90 Å². The van der Waals surface area contributed by atoms with E-state index in [0.717, 1.165) is 49.6 Å². The lowest BCUT2D eigenvalue weighted by Gasteiger charge is -2.38. The summed E-state index contributed by atoms with van der Waals surface area (Å²) in [7, 11) is 0. The Morgan fingerprint density at radius 3 is 2.33 bits per heavy atom. The van der Waals surface area contributed by atoms with Crippen molar-refractivity contribution in [3.63, 3.8) is 0 Å². The van der Waals surface area contributed by atoms with E-state index in [1.807, 2.05) is 12.1 Å². The van der Waals surface area contributed by atoms with Crippen LogP contribution in [0.2, 0.25) is 0 Å². The zero-order valence-corrected chi connectivity index (χ0v) is 12.4. The van der Waals surface area contributed by atoms with Gasteiger partial charge in [-0.2, -0.15) is 0 Å². The molecule has 2 bridgehead atoms. The average molecular weight is 286 g/mol. The van der Waals surface area contributed by atoms with Crippen molar-refractivity contribution < 1.29 is 4.39 Å².